The lowest BCUT2D eigenvalue weighted by atomic mass is 10.0. The molecule has 0 saturated carbocycles. The largest absolute Gasteiger partial charge is 0.373 e. The lowest BCUT2D eigenvalue weighted by Gasteiger charge is -2.26. The van der Waals surface area contributed by atoms with Crippen LogP contribution in [-0.4, -0.2) is 50.2 Å². The molecule has 0 aliphatic heterocycles. The van der Waals surface area contributed by atoms with E-state index in [0.29, 0.717) is 12.3 Å². The predicted octanol–water partition coefficient (Wildman–Crippen LogP) is 0.666. The maximum Gasteiger partial charge on any atom is 0.244 e. The van der Waals surface area contributed by atoms with Crippen molar-refractivity contribution < 1.29 is 14.3 Å². The zero-order valence-corrected chi connectivity index (χ0v) is 14.4. The highest BCUT2D eigenvalue weighted by molar-refractivity contribution is 5.89. The first kappa shape index (κ1) is 19.9. The molecule has 0 aliphatic rings. The third-order valence-corrected chi connectivity index (χ3v) is 2.93. The van der Waals surface area contributed by atoms with Crippen molar-refractivity contribution >= 4 is 11.8 Å². The van der Waals surface area contributed by atoms with Gasteiger partial charge in [-0.25, -0.2) is 0 Å². The fourth-order valence-electron chi connectivity index (χ4n) is 1.79. The number of ether oxygens (including phenoxy) is 1. The minimum atomic E-state index is -0.690. The summed E-state index contributed by atoms with van der Waals surface area (Å²) in [4.78, 5) is 24.1. The number of carbonyl (C=O) groups excluding carboxylic acids is 2. The van der Waals surface area contributed by atoms with Gasteiger partial charge in [-0.2, -0.15) is 0 Å². The van der Waals surface area contributed by atoms with Crippen LogP contribution in [0, 0.1) is 5.92 Å². The van der Waals surface area contributed by atoms with E-state index in [1.54, 1.807) is 14.1 Å². The Labute approximate surface area is 128 Å². The van der Waals surface area contributed by atoms with Gasteiger partial charge in [0.25, 0.3) is 0 Å². The van der Waals surface area contributed by atoms with Crippen molar-refractivity contribution in [3.8, 4) is 0 Å². The Hall–Kier alpha value is -1.14. The molecule has 2 amide bonds. The van der Waals surface area contributed by atoms with Crippen molar-refractivity contribution in [3.63, 3.8) is 0 Å². The van der Waals surface area contributed by atoms with Gasteiger partial charge in [-0.1, -0.05) is 13.8 Å². The molecule has 124 valence electrons. The van der Waals surface area contributed by atoms with E-state index < -0.39 is 6.04 Å². The lowest BCUT2D eigenvalue weighted by molar-refractivity contribution is -0.133. The van der Waals surface area contributed by atoms with Gasteiger partial charge in [-0.05, 0) is 40.2 Å². The number of amides is 2. The molecule has 0 saturated heterocycles. The van der Waals surface area contributed by atoms with E-state index in [0.717, 1.165) is 0 Å². The fourth-order valence-corrected chi connectivity index (χ4v) is 1.79. The molecule has 21 heavy (non-hydrogen) atoms. The van der Waals surface area contributed by atoms with Crippen molar-refractivity contribution in [1.29, 1.82) is 0 Å². The predicted molar refractivity (Wildman–Crippen MR) is 84.0 cm³/mol. The van der Waals surface area contributed by atoms with Gasteiger partial charge in [0, 0.05) is 7.05 Å². The van der Waals surface area contributed by atoms with Gasteiger partial charge in [-0.15, -0.1) is 0 Å². The summed E-state index contributed by atoms with van der Waals surface area (Å²) >= 11 is 0. The van der Waals surface area contributed by atoms with Gasteiger partial charge in [-0.3, -0.25) is 9.59 Å². The second kappa shape index (κ2) is 9.00. The molecule has 0 rings (SSSR count). The number of rotatable bonds is 8. The molecule has 0 spiro atoms. The molecule has 0 aliphatic carbocycles. The molecule has 0 aromatic rings. The monoisotopic (exact) mass is 301 g/mol. The molecule has 0 fully saturated rings. The summed E-state index contributed by atoms with van der Waals surface area (Å²) < 4.78 is 5.61. The molecule has 6 heteroatoms. The number of likely N-dealkylation sites (N-methyl/N-ethyl adjacent to an activating group) is 2. The van der Waals surface area contributed by atoms with Gasteiger partial charge in [0.2, 0.25) is 11.8 Å². The van der Waals surface area contributed by atoms with Crippen LogP contribution in [0.3, 0.4) is 0 Å². The Bertz CT molecular complexity index is 338. The van der Waals surface area contributed by atoms with Crippen molar-refractivity contribution in [2.75, 3.05) is 20.7 Å². The average molecular weight is 301 g/mol. The number of hydrogen-bond donors (Lipinski definition) is 3. The molecule has 3 N–H and O–H groups in total. The Kier molecular flexibility index (Phi) is 8.51. The van der Waals surface area contributed by atoms with Crippen LogP contribution >= 0.6 is 0 Å². The molecule has 0 heterocycles. The van der Waals surface area contributed by atoms with Crippen LogP contribution in [0.5, 0.6) is 0 Å². The Morgan fingerprint density at radius 1 is 1.05 bits per heavy atom. The minimum Gasteiger partial charge on any atom is -0.373 e. The number of nitrogens with one attached hydrogen (secondary N) is 3. The lowest BCUT2D eigenvalue weighted by Crippen LogP contribution is -2.54. The number of carbonyl (C=O) groups is 2. The van der Waals surface area contributed by atoms with Crippen molar-refractivity contribution in [2.24, 2.45) is 5.92 Å². The minimum absolute atomic E-state index is 0.146. The second-order valence-electron chi connectivity index (χ2n) is 6.57. The van der Waals surface area contributed by atoms with Gasteiger partial charge < -0.3 is 20.7 Å². The first-order chi connectivity index (χ1) is 9.60. The molecule has 0 aromatic carbocycles. The van der Waals surface area contributed by atoms with Crippen molar-refractivity contribution in [3.05, 3.63) is 0 Å². The van der Waals surface area contributed by atoms with E-state index >= 15 is 0 Å². The SMILES string of the molecule is CNC(=O)[C@H](COC(C)(C)C)NC(=O)[C@H](CC(C)C)NC. The van der Waals surface area contributed by atoms with Gasteiger partial charge >= 0.3 is 0 Å². The topological polar surface area (TPSA) is 79.5 Å². The van der Waals surface area contributed by atoms with E-state index in [1.807, 2.05) is 20.8 Å². The Balaban J connectivity index is 4.71. The van der Waals surface area contributed by atoms with Gasteiger partial charge in [0.05, 0.1) is 18.2 Å². The molecule has 0 radical (unpaired) electrons. The maximum atomic E-state index is 12.3. The van der Waals surface area contributed by atoms with Crippen LogP contribution < -0.4 is 16.0 Å². The van der Waals surface area contributed by atoms with Crippen LogP contribution in [0.1, 0.15) is 41.0 Å². The summed E-state index contributed by atoms with van der Waals surface area (Å²) in [5, 5.41) is 8.29. The summed E-state index contributed by atoms with van der Waals surface area (Å²) in [6, 6.07) is -1.00. The molecule has 6 nitrogen and oxygen atoms in total. The first-order valence-electron chi connectivity index (χ1n) is 7.44. The van der Waals surface area contributed by atoms with Crippen LogP contribution in [-0.2, 0) is 14.3 Å². The fraction of sp³-hybridized carbons (Fsp3) is 0.867. The summed E-state index contributed by atoms with van der Waals surface area (Å²) in [6.45, 7) is 9.97. The van der Waals surface area contributed by atoms with E-state index in [4.69, 9.17) is 4.74 Å². The third-order valence-electron chi connectivity index (χ3n) is 2.93. The highest BCUT2D eigenvalue weighted by Crippen LogP contribution is 2.08. The standard InChI is InChI=1S/C15H31N3O3/c1-10(2)8-11(16-6)14(20)18-12(13(19)17-7)9-21-15(3,4)5/h10-12,16H,8-9H2,1-7H3,(H,17,19)(H,18,20)/t11-,12-/m0/s1. The van der Waals surface area contributed by atoms with Crippen molar-refractivity contribution in [1.82, 2.24) is 16.0 Å². The quantitative estimate of drug-likeness (QED) is 0.615. The third kappa shape index (κ3) is 8.67. The summed E-state index contributed by atoms with van der Waals surface area (Å²) in [6.07, 6.45) is 0.711. The van der Waals surface area contributed by atoms with Crippen LogP contribution in [0.15, 0.2) is 0 Å². The smallest absolute Gasteiger partial charge is 0.244 e. The zero-order chi connectivity index (χ0) is 16.6. The summed E-state index contributed by atoms with van der Waals surface area (Å²) in [5.74, 6) is -0.0539. The van der Waals surface area contributed by atoms with Crippen LogP contribution in [0.25, 0.3) is 0 Å². The second-order valence-corrected chi connectivity index (χ2v) is 6.57. The maximum absolute atomic E-state index is 12.3. The summed E-state index contributed by atoms with van der Waals surface area (Å²) in [5.41, 5.74) is -0.364. The van der Waals surface area contributed by atoms with E-state index in [2.05, 4.69) is 29.8 Å². The molecular weight excluding hydrogens is 270 g/mol. The van der Waals surface area contributed by atoms with Crippen molar-refractivity contribution in [2.45, 2.75) is 58.7 Å². The molecule has 2 atom stereocenters. The van der Waals surface area contributed by atoms with E-state index in [1.165, 1.54) is 0 Å². The van der Waals surface area contributed by atoms with Crippen LogP contribution in [0.4, 0.5) is 0 Å². The van der Waals surface area contributed by atoms with Crippen LogP contribution in [0.2, 0.25) is 0 Å². The summed E-state index contributed by atoms with van der Waals surface area (Å²) in [7, 11) is 3.29. The Morgan fingerprint density at radius 3 is 2.00 bits per heavy atom. The highest BCUT2D eigenvalue weighted by Gasteiger charge is 2.26. The Morgan fingerprint density at radius 2 is 1.62 bits per heavy atom. The molecule has 0 unspecified atom stereocenters. The number of hydrogen-bond acceptors (Lipinski definition) is 4. The van der Waals surface area contributed by atoms with Gasteiger partial charge in [0.15, 0.2) is 0 Å². The highest BCUT2D eigenvalue weighted by atomic mass is 16.5. The average Bonchev–Trinajstić information content (AvgIpc) is 2.38. The van der Waals surface area contributed by atoms with Gasteiger partial charge in [0.1, 0.15) is 6.04 Å². The normalized spacial score (nSPS) is 14.7. The van der Waals surface area contributed by atoms with E-state index in [9.17, 15) is 9.59 Å². The molecular formula is C15H31N3O3. The first-order valence-corrected chi connectivity index (χ1v) is 7.44. The molecule has 0 bridgehead atoms. The van der Waals surface area contributed by atoms with E-state index in [-0.39, 0.29) is 30.1 Å². The molecule has 0 aromatic heterocycles. The zero-order valence-electron chi connectivity index (χ0n) is 14.4.